The highest BCUT2D eigenvalue weighted by Crippen LogP contribution is 2.53. The van der Waals surface area contributed by atoms with Gasteiger partial charge in [-0.2, -0.15) is 0 Å². The van der Waals surface area contributed by atoms with Crippen LogP contribution >= 0.6 is 11.8 Å². The average Bonchev–Trinajstić information content (AvgIpc) is 2.62. The van der Waals surface area contributed by atoms with Crippen molar-refractivity contribution in [2.75, 3.05) is 19.0 Å². The van der Waals surface area contributed by atoms with Crippen molar-refractivity contribution in [1.29, 1.82) is 0 Å². The number of benzene rings is 2. The lowest BCUT2D eigenvalue weighted by molar-refractivity contribution is -0.133. The van der Waals surface area contributed by atoms with E-state index in [1.54, 1.807) is 11.8 Å². The van der Waals surface area contributed by atoms with Crippen molar-refractivity contribution in [3.63, 3.8) is 0 Å². The van der Waals surface area contributed by atoms with Crippen molar-refractivity contribution < 1.29 is 28.5 Å². The smallest absolute Gasteiger partial charge is 0.308 e. The quantitative estimate of drug-likeness (QED) is 0.444. The van der Waals surface area contributed by atoms with Crippen LogP contribution in [0.1, 0.15) is 27.2 Å². The second kappa shape index (κ2) is 7.86. The summed E-state index contributed by atoms with van der Waals surface area (Å²) < 4.78 is 22.3. The van der Waals surface area contributed by atoms with Gasteiger partial charge in [0.1, 0.15) is 13.2 Å². The molecule has 0 unspecified atom stereocenters. The number of fused-ring (bicyclic) bond motifs is 2. The predicted molar refractivity (Wildman–Crippen MR) is 98.6 cm³/mol. The summed E-state index contributed by atoms with van der Waals surface area (Å²) in [5, 5.41) is 1.27. The van der Waals surface area contributed by atoms with Gasteiger partial charge < -0.3 is 18.9 Å². The third kappa shape index (κ3) is 3.72. The van der Waals surface area contributed by atoms with Gasteiger partial charge in [0, 0.05) is 29.5 Å². The van der Waals surface area contributed by atoms with E-state index in [2.05, 4.69) is 6.92 Å². The molecule has 7 heteroatoms. The van der Waals surface area contributed by atoms with Crippen LogP contribution in [0.3, 0.4) is 0 Å². The topological polar surface area (TPSA) is 71.1 Å². The average molecular weight is 376 g/mol. The molecule has 0 fully saturated rings. The first-order valence-corrected chi connectivity index (χ1v) is 9.38. The van der Waals surface area contributed by atoms with E-state index in [0.717, 1.165) is 17.1 Å². The number of hydrogen-bond donors (Lipinski definition) is 0. The van der Waals surface area contributed by atoms with Crippen molar-refractivity contribution >= 4 is 34.5 Å². The standard InChI is InChI=1S/C19H20O6S/c1-4-9-26-13-5-6-14-15(10-13)17(25-12(3)21)19-18(22-7-8-23-19)16(14)24-11(2)20/h5-6,10H,4,7-9H2,1-3H3. The first kappa shape index (κ1) is 18.4. The second-order valence-electron chi connectivity index (χ2n) is 5.76. The molecule has 6 nitrogen and oxygen atoms in total. The van der Waals surface area contributed by atoms with Gasteiger partial charge in [0.25, 0.3) is 0 Å². The summed E-state index contributed by atoms with van der Waals surface area (Å²) in [6.07, 6.45) is 1.04. The molecule has 0 saturated carbocycles. The summed E-state index contributed by atoms with van der Waals surface area (Å²) in [5.41, 5.74) is 0. The van der Waals surface area contributed by atoms with Crippen LogP contribution < -0.4 is 18.9 Å². The lowest BCUT2D eigenvalue weighted by Gasteiger charge is -2.24. The van der Waals surface area contributed by atoms with Crippen molar-refractivity contribution in [3.8, 4) is 23.0 Å². The van der Waals surface area contributed by atoms with Gasteiger partial charge in [0.2, 0.25) is 11.5 Å². The number of rotatable bonds is 5. The maximum Gasteiger partial charge on any atom is 0.308 e. The lowest BCUT2D eigenvalue weighted by atomic mass is 10.1. The van der Waals surface area contributed by atoms with Crippen molar-refractivity contribution in [2.24, 2.45) is 0 Å². The Kier molecular flexibility index (Phi) is 5.56. The zero-order valence-electron chi connectivity index (χ0n) is 14.9. The van der Waals surface area contributed by atoms with Crippen LogP contribution in [-0.2, 0) is 9.59 Å². The minimum atomic E-state index is -0.465. The van der Waals surface area contributed by atoms with E-state index in [-0.39, 0.29) is 23.0 Å². The van der Waals surface area contributed by atoms with Gasteiger partial charge in [-0.3, -0.25) is 9.59 Å². The lowest BCUT2D eigenvalue weighted by Crippen LogP contribution is -2.18. The second-order valence-corrected chi connectivity index (χ2v) is 6.92. The molecule has 26 heavy (non-hydrogen) atoms. The number of hydrogen-bond acceptors (Lipinski definition) is 7. The maximum absolute atomic E-state index is 11.7. The van der Waals surface area contributed by atoms with Gasteiger partial charge in [0.05, 0.1) is 0 Å². The third-order valence-electron chi connectivity index (χ3n) is 3.64. The zero-order valence-corrected chi connectivity index (χ0v) is 15.7. The van der Waals surface area contributed by atoms with Crippen molar-refractivity contribution in [2.45, 2.75) is 32.1 Å². The Bertz CT molecular complexity index is 861. The molecule has 0 aromatic heterocycles. The van der Waals surface area contributed by atoms with Crippen LogP contribution in [0.25, 0.3) is 10.8 Å². The Balaban J connectivity index is 2.27. The fraction of sp³-hybridized carbons (Fsp3) is 0.368. The number of esters is 2. The first-order valence-electron chi connectivity index (χ1n) is 8.40. The molecule has 0 radical (unpaired) electrons. The largest absolute Gasteiger partial charge is 0.483 e. The highest BCUT2D eigenvalue weighted by atomic mass is 32.2. The third-order valence-corrected chi connectivity index (χ3v) is 4.84. The number of carbonyl (C=O) groups is 2. The zero-order chi connectivity index (χ0) is 18.7. The molecule has 1 aliphatic rings. The van der Waals surface area contributed by atoms with E-state index in [4.69, 9.17) is 18.9 Å². The van der Waals surface area contributed by atoms with E-state index in [0.29, 0.717) is 24.0 Å². The van der Waals surface area contributed by atoms with Crippen molar-refractivity contribution in [1.82, 2.24) is 0 Å². The summed E-state index contributed by atoms with van der Waals surface area (Å²) in [6.45, 7) is 5.40. The molecule has 1 aliphatic heterocycles. The van der Waals surface area contributed by atoms with Gasteiger partial charge in [-0.05, 0) is 30.4 Å². The van der Waals surface area contributed by atoms with Gasteiger partial charge in [0.15, 0.2) is 11.5 Å². The van der Waals surface area contributed by atoms with Crippen LogP contribution in [0.4, 0.5) is 0 Å². The van der Waals surface area contributed by atoms with Crippen LogP contribution in [0.5, 0.6) is 23.0 Å². The number of carbonyl (C=O) groups excluding carboxylic acids is 2. The predicted octanol–water partition coefficient (Wildman–Crippen LogP) is 3.96. The fourth-order valence-corrected chi connectivity index (χ4v) is 3.51. The molecule has 0 saturated heterocycles. The molecular formula is C19H20O6S. The molecule has 2 aromatic rings. The van der Waals surface area contributed by atoms with E-state index >= 15 is 0 Å². The Morgan fingerprint density at radius 3 is 2.12 bits per heavy atom. The van der Waals surface area contributed by atoms with Gasteiger partial charge >= 0.3 is 11.9 Å². The molecule has 0 aliphatic carbocycles. The summed E-state index contributed by atoms with van der Waals surface area (Å²) in [5.74, 6) is 1.18. The molecule has 3 rings (SSSR count). The molecule has 138 valence electrons. The summed E-state index contributed by atoms with van der Waals surface area (Å²) in [7, 11) is 0. The van der Waals surface area contributed by atoms with E-state index < -0.39 is 11.9 Å². The Morgan fingerprint density at radius 1 is 1.00 bits per heavy atom. The summed E-state index contributed by atoms with van der Waals surface area (Å²) in [4.78, 5) is 24.3. The van der Waals surface area contributed by atoms with Gasteiger partial charge in [-0.25, -0.2) is 0 Å². The molecule has 0 atom stereocenters. The SMILES string of the molecule is CCCSc1ccc2c(OC(C)=O)c3c(c(OC(C)=O)c2c1)OCCO3. The van der Waals surface area contributed by atoms with Gasteiger partial charge in [-0.1, -0.05) is 6.92 Å². The fourth-order valence-electron chi connectivity index (χ4n) is 2.71. The molecule has 1 heterocycles. The molecule has 0 bridgehead atoms. The molecule has 0 amide bonds. The Morgan fingerprint density at radius 2 is 1.58 bits per heavy atom. The first-order chi connectivity index (χ1) is 12.5. The molecule has 0 N–H and O–H groups in total. The minimum absolute atomic E-state index is 0.282. The van der Waals surface area contributed by atoms with Crippen molar-refractivity contribution in [3.05, 3.63) is 18.2 Å². The molecular weight excluding hydrogens is 356 g/mol. The van der Waals surface area contributed by atoms with E-state index in [1.807, 2.05) is 18.2 Å². The maximum atomic E-state index is 11.7. The van der Waals surface area contributed by atoms with Gasteiger partial charge in [-0.15, -0.1) is 11.8 Å². The van der Waals surface area contributed by atoms with E-state index in [9.17, 15) is 9.59 Å². The Labute approximate surface area is 155 Å². The normalized spacial score (nSPS) is 12.7. The number of thioether (sulfide) groups is 1. The highest BCUT2D eigenvalue weighted by Gasteiger charge is 2.29. The summed E-state index contributed by atoms with van der Waals surface area (Å²) in [6, 6.07) is 5.71. The number of ether oxygens (including phenoxy) is 4. The highest BCUT2D eigenvalue weighted by molar-refractivity contribution is 7.99. The van der Waals surface area contributed by atoms with Crippen LogP contribution in [0.2, 0.25) is 0 Å². The molecule has 0 spiro atoms. The van der Waals surface area contributed by atoms with Crippen LogP contribution in [0.15, 0.2) is 23.1 Å². The monoisotopic (exact) mass is 376 g/mol. The Hall–Kier alpha value is -2.41. The molecule has 2 aromatic carbocycles. The minimum Gasteiger partial charge on any atom is -0.483 e. The summed E-state index contributed by atoms with van der Waals surface area (Å²) >= 11 is 1.70. The van der Waals surface area contributed by atoms with Crippen LogP contribution in [0, 0.1) is 0 Å². The van der Waals surface area contributed by atoms with Crippen LogP contribution in [-0.4, -0.2) is 30.9 Å². The van der Waals surface area contributed by atoms with E-state index in [1.165, 1.54) is 13.8 Å².